The summed E-state index contributed by atoms with van der Waals surface area (Å²) < 4.78 is 46.7. The Bertz CT molecular complexity index is 544. The van der Waals surface area contributed by atoms with Crippen molar-refractivity contribution in [3.05, 3.63) is 24.3 Å². The van der Waals surface area contributed by atoms with Gasteiger partial charge in [0.2, 0.25) is 0 Å². The Morgan fingerprint density at radius 3 is 2.29 bits per heavy atom. The molecule has 0 saturated heterocycles. The van der Waals surface area contributed by atoms with Crippen LogP contribution in [-0.4, -0.2) is 37.4 Å². The molecule has 0 bridgehead atoms. The van der Waals surface area contributed by atoms with Gasteiger partial charge < -0.3 is 20.5 Å². The van der Waals surface area contributed by atoms with E-state index < -0.39 is 12.8 Å². The molecule has 1 saturated carbocycles. The maximum absolute atomic E-state index is 12.2. The van der Waals surface area contributed by atoms with Gasteiger partial charge in [0.1, 0.15) is 0 Å². The van der Waals surface area contributed by atoms with Gasteiger partial charge in [0.05, 0.1) is 0 Å². The molecule has 1 fully saturated rings. The predicted octanol–water partition coefficient (Wildman–Crippen LogP) is 2.39. The predicted molar refractivity (Wildman–Crippen MR) is 81.9 cm³/mol. The molecule has 1 amide bonds. The standard InChI is InChI=1S/C16H21F3N2O3/c17-16(18,19)10-24-14-4-2-1-3-13(14)23-9-15(22)21-12-7-5-11(20)6-8-12/h1-4,11-12H,5-10,20H2,(H,21,22). The largest absolute Gasteiger partial charge is 0.480 e. The van der Waals surface area contributed by atoms with Crippen LogP contribution in [0.15, 0.2) is 24.3 Å². The summed E-state index contributed by atoms with van der Waals surface area (Å²) in [6.45, 7) is -1.70. The third-order valence-electron chi connectivity index (χ3n) is 3.74. The number of nitrogens with one attached hydrogen (secondary N) is 1. The second kappa shape index (κ2) is 8.23. The number of para-hydroxylation sites is 2. The van der Waals surface area contributed by atoms with Gasteiger partial charge in [0, 0.05) is 12.1 Å². The Balaban J connectivity index is 1.82. The maximum Gasteiger partial charge on any atom is 0.422 e. The van der Waals surface area contributed by atoms with Crippen molar-refractivity contribution in [3.8, 4) is 11.5 Å². The number of rotatable bonds is 6. The lowest BCUT2D eigenvalue weighted by Gasteiger charge is -2.26. The van der Waals surface area contributed by atoms with Crippen molar-refractivity contribution < 1.29 is 27.4 Å². The first-order valence-electron chi connectivity index (χ1n) is 7.80. The van der Waals surface area contributed by atoms with E-state index in [1.54, 1.807) is 6.07 Å². The van der Waals surface area contributed by atoms with Crippen molar-refractivity contribution in [1.29, 1.82) is 0 Å². The highest BCUT2D eigenvalue weighted by atomic mass is 19.4. The quantitative estimate of drug-likeness (QED) is 0.830. The van der Waals surface area contributed by atoms with E-state index in [0.29, 0.717) is 0 Å². The Kier molecular flexibility index (Phi) is 6.30. The van der Waals surface area contributed by atoms with E-state index in [2.05, 4.69) is 5.32 Å². The molecule has 0 aromatic heterocycles. The first-order valence-corrected chi connectivity index (χ1v) is 7.80. The Labute approximate surface area is 138 Å². The van der Waals surface area contributed by atoms with Gasteiger partial charge in [-0.2, -0.15) is 13.2 Å². The highest BCUT2D eigenvalue weighted by molar-refractivity contribution is 5.77. The third-order valence-corrected chi connectivity index (χ3v) is 3.74. The van der Waals surface area contributed by atoms with Crippen LogP contribution < -0.4 is 20.5 Å². The van der Waals surface area contributed by atoms with E-state index in [0.717, 1.165) is 25.7 Å². The number of hydrogen-bond acceptors (Lipinski definition) is 4. The van der Waals surface area contributed by atoms with Gasteiger partial charge in [-0.1, -0.05) is 12.1 Å². The number of amides is 1. The van der Waals surface area contributed by atoms with Crippen molar-refractivity contribution in [2.24, 2.45) is 5.73 Å². The first kappa shape index (κ1) is 18.4. The molecule has 0 radical (unpaired) electrons. The van der Waals surface area contributed by atoms with E-state index in [4.69, 9.17) is 15.2 Å². The van der Waals surface area contributed by atoms with Crippen molar-refractivity contribution in [3.63, 3.8) is 0 Å². The molecule has 0 atom stereocenters. The zero-order valence-electron chi connectivity index (χ0n) is 13.1. The minimum absolute atomic E-state index is 0.0498. The van der Waals surface area contributed by atoms with Crippen LogP contribution in [0.2, 0.25) is 0 Å². The summed E-state index contributed by atoms with van der Waals surface area (Å²) in [5, 5.41) is 2.85. The molecule has 134 valence electrons. The normalized spacial score (nSPS) is 21.2. The van der Waals surface area contributed by atoms with Crippen molar-refractivity contribution in [2.75, 3.05) is 13.2 Å². The molecular formula is C16H21F3N2O3. The molecule has 8 heteroatoms. The molecule has 1 aromatic carbocycles. The van der Waals surface area contributed by atoms with E-state index in [-0.39, 0.29) is 36.1 Å². The van der Waals surface area contributed by atoms with E-state index in [1.165, 1.54) is 18.2 Å². The fourth-order valence-electron chi connectivity index (χ4n) is 2.52. The second-order valence-electron chi connectivity index (χ2n) is 5.82. The van der Waals surface area contributed by atoms with Crippen LogP contribution in [-0.2, 0) is 4.79 Å². The smallest absolute Gasteiger partial charge is 0.422 e. The lowest BCUT2D eigenvalue weighted by Crippen LogP contribution is -2.42. The third kappa shape index (κ3) is 6.27. The summed E-state index contributed by atoms with van der Waals surface area (Å²) in [6, 6.07) is 6.20. The number of benzene rings is 1. The van der Waals surface area contributed by atoms with Crippen LogP contribution in [0, 0.1) is 0 Å². The Morgan fingerprint density at radius 2 is 1.71 bits per heavy atom. The van der Waals surface area contributed by atoms with Crippen LogP contribution in [0.4, 0.5) is 13.2 Å². The van der Waals surface area contributed by atoms with Crippen LogP contribution in [0.5, 0.6) is 11.5 Å². The first-order chi connectivity index (χ1) is 11.3. The molecule has 2 rings (SSSR count). The number of carbonyl (C=O) groups excluding carboxylic acids is 1. The number of halogens is 3. The number of nitrogens with two attached hydrogens (primary N) is 1. The molecule has 5 nitrogen and oxygen atoms in total. The van der Waals surface area contributed by atoms with Gasteiger partial charge in [0.15, 0.2) is 24.7 Å². The summed E-state index contributed by atoms with van der Waals surface area (Å²) >= 11 is 0. The molecule has 24 heavy (non-hydrogen) atoms. The highest BCUT2D eigenvalue weighted by Crippen LogP contribution is 2.28. The fraction of sp³-hybridized carbons (Fsp3) is 0.562. The second-order valence-corrected chi connectivity index (χ2v) is 5.82. The van der Waals surface area contributed by atoms with Crippen LogP contribution in [0.25, 0.3) is 0 Å². The van der Waals surface area contributed by atoms with E-state index in [9.17, 15) is 18.0 Å². The molecule has 0 heterocycles. The molecule has 1 aromatic rings. The zero-order valence-corrected chi connectivity index (χ0v) is 13.1. The number of alkyl halides is 3. The monoisotopic (exact) mass is 346 g/mol. The molecule has 3 N–H and O–H groups in total. The van der Waals surface area contributed by atoms with Gasteiger partial charge >= 0.3 is 6.18 Å². The average Bonchev–Trinajstić information content (AvgIpc) is 2.53. The summed E-state index contributed by atoms with van der Waals surface area (Å²) in [5.74, 6) is -0.269. The van der Waals surface area contributed by atoms with Gasteiger partial charge in [-0.25, -0.2) is 0 Å². The van der Waals surface area contributed by atoms with Gasteiger partial charge in [0.25, 0.3) is 5.91 Å². The van der Waals surface area contributed by atoms with Gasteiger partial charge in [-0.05, 0) is 37.8 Å². The number of carbonyl (C=O) groups is 1. The van der Waals surface area contributed by atoms with E-state index in [1.807, 2.05) is 0 Å². The van der Waals surface area contributed by atoms with Crippen LogP contribution in [0.1, 0.15) is 25.7 Å². The van der Waals surface area contributed by atoms with Crippen LogP contribution >= 0.6 is 0 Å². The van der Waals surface area contributed by atoms with Crippen molar-refractivity contribution in [1.82, 2.24) is 5.32 Å². The summed E-state index contributed by atoms with van der Waals surface area (Å²) in [5.41, 5.74) is 5.81. The summed E-state index contributed by atoms with van der Waals surface area (Å²) in [4.78, 5) is 11.9. The van der Waals surface area contributed by atoms with Crippen LogP contribution in [0.3, 0.4) is 0 Å². The topological polar surface area (TPSA) is 73.6 Å². The Morgan fingerprint density at radius 1 is 1.12 bits per heavy atom. The van der Waals surface area contributed by atoms with Gasteiger partial charge in [-0.3, -0.25) is 4.79 Å². The maximum atomic E-state index is 12.2. The molecule has 0 aliphatic heterocycles. The zero-order chi connectivity index (χ0) is 17.6. The fourth-order valence-corrected chi connectivity index (χ4v) is 2.52. The SMILES string of the molecule is NC1CCC(NC(=O)COc2ccccc2OCC(F)(F)F)CC1. The molecule has 0 spiro atoms. The minimum Gasteiger partial charge on any atom is -0.480 e. The van der Waals surface area contributed by atoms with E-state index >= 15 is 0 Å². The average molecular weight is 346 g/mol. The number of hydrogen-bond donors (Lipinski definition) is 2. The minimum atomic E-state index is -4.44. The number of ether oxygens (including phenoxy) is 2. The summed E-state index contributed by atoms with van der Waals surface area (Å²) in [6.07, 6.45) is -1.08. The van der Waals surface area contributed by atoms with Crippen molar-refractivity contribution >= 4 is 5.91 Å². The molecular weight excluding hydrogens is 325 g/mol. The molecule has 0 unspecified atom stereocenters. The van der Waals surface area contributed by atoms with Gasteiger partial charge in [-0.15, -0.1) is 0 Å². The lowest BCUT2D eigenvalue weighted by molar-refractivity contribution is -0.153. The Hall–Kier alpha value is -1.96. The molecule has 1 aliphatic rings. The summed E-state index contributed by atoms with van der Waals surface area (Å²) in [7, 11) is 0. The van der Waals surface area contributed by atoms with Crippen molar-refractivity contribution in [2.45, 2.75) is 43.9 Å². The highest BCUT2D eigenvalue weighted by Gasteiger charge is 2.29. The molecule has 1 aliphatic carbocycles. The lowest BCUT2D eigenvalue weighted by atomic mass is 9.92.